The van der Waals surface area contributed by atoms with E-state index < -0.39 is 0 Å². The van der Waals surface area contributed by atoms with Crippen LogP contribution in [0.25, 0.3) is 105 Å². The summed E-state index contributed by atoms with van der Waals surface area (Å²) in [5, 5.41) is 7.16. The third-order valence-corrected chi connectivity index (χ3v) is 13.1. The minimum atomic E-state index is 0.155. The maximum atomic E-state index is 6.50. The molecule has 1 atom stereocenters. The van der Waals surface area contributed by atoms with Crippen LogP contribution in [0.15, 0.2) is 203 Å². The molecular weight excluding hydrogens is 731 g/mol. The van der Waals surface area contributed by atoms with Gasteiger partial charge in [-0.2, -0.15) is 0 Å². The van der Waals surface area contributed by atoms with Gasteiger partial charge in [-0.05, 0) is 118 Å². The zero-order chi connectivity index (χ0) is 39.3. The number of benzene rings is 9. The lowest BCUT2D eigenvalue weighted by molar-refractivity contribution is 0.665. The van der Waals surface area contributed by atoms with Crippen molar-refractivity contribution < 1.29 is 8.83 Å². The average Bonchev–Trinajstić information content (AvgIpc) is 3.95. The minimum absolute atomic E-state index is 0.155. The molecule has 0 fully saturated rings. The Bertz CT molecular complexity index is 3670. The predicted octanol–water partition coefficient (Wildman–Crippen LogP) is 15.7. The van der Waals surface area contributed by atoms with Crippen molar-refractivity contribution in [3.05, 3.63) is 211 Å². The van der Waals surface area contributed by atoms with Crippen molar-refractivity contribution in [1.29, 1.82) is 0 Å². The van der Waals surface area contributed by atoms with E-state index in [1.54, 1.807) is 0 Å². The third-order valence-electron chi connectivity index (χ3n) is 13.1. The zero-order valence-electron chi connectivity index (χ0n) is 32.7. The van der Waals surface area contributed by atoms with Crippen molar-refractivity contribution in [2.24, 2.45) is 0 Å². The van der Waals surface area contributed by atoms with E-state index in [-0.39, 0.29) is 5.92 Å². The molecular formula is C57H37NO2. The highest BCUT2D eigenvalue weighted by molar-refractivity contribution is 6.18. The molecule has 13 rings (SSSR count). The molecule has 0 radical (unpaired) electrons. The first-order chi connectivity index (χ1) is 29.7. The van der Waals surface area contributed by atoms with Gasteiger partial charge in [0.05, 0.1) is 11.0 Å². The average molecular weight is 768 g/mol. The van der Waals surface area contributed by atoms with Crippen molar-refractivity contribution in [3.63, 3.8) is 0 Å². The number of furan rings is 2. The quantitative estimate of drug-likeness (QED) is 0.179. The molecule has 0 saturated heterocycles. The first kappa shape index (κ1) is 33.4. The fourth-order valence-electron chi connectivity index (χ4n) is 10.4. The molecule has 3 aromatic heterocycles. The summed E-state index contributed by atoms with van der Waals surface area (Å²) in [7, 11) is 0. The summed E-state index contributed by atoms with van der Waals surface area (Å²) in [6.07, 6.45) is 1.93. The van der Waals surface area contributed by atoms with Crippen LogP contribution < -0.4 is 0 Å². The number of aryl methyl sites for hydroxylation is 1. The summed E-state index contributed by atoms with van der Waals surface area (Å²) in [4.78, 5) is 0. The molecule has 282 valence electrons. The Morgan fingerprint density at radius 3 is 2.03 bits per heavy atom. The summed E-state index contributed by atoms with van der Waals surface area (Å²) in [6.45, 7) is 0. The lowest BCUT2D eigenvalue weighted by Gasteiger charge is -2.20. The van der Waals surface area contributed by atoms with Crippen molar-refractivity contribution >= 4 is 65.7 Å². The Labute approximate surface area is 346 Å². The Morgan fingerprint density at radius 1 is 0.417 bits per heavy atom. The van der Waals surface area contributed by atoms with Crippen LogP contribution in [0.4, 0.5) is 0 Å². The fourth-order valence-corrected chi connectivity index (χ4v) is 10.4. The minimum Gasteiger partial charge on any atom is -0.456 e. The topological polar surface area (TPSA) is 31.2 Å². The molecule has 0 spiro atoms. The van der Waals surface area contributed by atoms with E-state index in [4.69, 9.17) is 8.83 Å². The standard InChI is InChI=1S/C57H37NO2/c1-2-12-35(13-3-1)37-14-10-15-40(32-37)58-49-20-7-4-17-46(49)57-50(58)31-30-45-41(39-27-29-44-43-16-5-8-21-51(43)60-54(44)34-39)28-26-36-24-25-38(33-48(36)56(45)57)42-19-11-23-53-55(42)47-18-6-9-22-52(47)59-53/h1-25,27,29-34,41H,26,28H2. The molecule has 0 N–H and O–H groups in total. The number of hydrogen-bond donors (Lipinski definition) is 0. The Balaban J connectivity index is 1.09. The molecule has 0 saturated carbocycles. The van der Waals surface area contributed by atoms with Gasteiger partial charge in [0.15, 0.2) is 0 Å². The maximum Gasteiger partial charge on any atom is 0.136 e. The molecule has 3 nitrogen and oxygen atoms in total. The number of hydrogen-bond acceptors (Lipinski definition) is 2. The fraction of sp³-hybridized carbons (Fsp3) is 0.0526. The largest absolute Gasteiger partial charge is 0.456 e. The first-order valence-electron chi connectivity index (χ1n) is 20.9. The van der Waals surface area contributed by atoms with Crippen LogP contribution in [-0.2, 0) is 6.42 Å². The summed E-state index contributed by atoms with van der Waals surface area (Å²) in [5.74, 6) is 0.155. The maximum absolute atomic E-state index is 6.50. The van der Waals surface area contributed by atoms with Crippen molar-refractivity contribution in [3.8, 4) is 39.1 Å². The number of aromatic nitrogens is 1. The van der Waals surface area contributed by atoms with Gasteiger partial charge in [0.25, 0.3) is 0 Å². The van der Waals surface area contributed by atoms with Crippen LogP contribution in [-0.4, -0.2) is 4.57 Å². The lowest BCUT2D eigenvalue weighted by Crippen LogP contribution is -2.03. The van der Waals surface area contributed by atoms with E-state index in [9.17, 15) is 0 Å². The Hall–Kier alpha value is -7.62. The van der Waals surface area contributed by atoms with Crippen LogP contribution in [0.5, 0.6) is 0 Å². The summed E-state index contributed by atoms with van der Waals surface area (Å²) >= 11 is 0. The second kappa shape index (κ2) is 12.9. The van der Waals surface area contributed by atoms with Crippen molar-refractivity contribution in [1.82, 2.24) is 4.57 Å². The summed E-state index contributed by atoms with van der Waals surface area (Å²) in [5.41, 5.74) is 18.6. The highest BCUT2D eigenvalue weighted by Crippen LogP contribution is 2.50. The first-order valence-corrected chi connectivity index (χ1v) is 20.9. The second-order valence-electron chi connectivity index (χ2n) is 16.3. The molecule has 1 aliphatic rings. The molecule has 0 aliphatic heterocycles. The molecule has 9 aromatic carbocycles. The molecule has 60 heavy (non-hydrogen) atoms. The number of rotatable bonds is 4. The monoisotopic (exact) mass is 767 g/mol. The van der Waals surface area contributed by atoms with Crippen LogP contribution in [0, 0.1) is 0 Å². The Morgan fingerprint density at radius 2 is 1.13 bits per heavy atom. The van der Waals surface area contributed by atoms with Crippen molar-refractivity contribution in [2.45, 2.75) is 18.8 Å². The van der Waals surface area contributed by atoms with Gasteiger partial charge in [-0.25, -0.2) is 0 Å². The molecule has 1 aliphatic carbocycles. The molecule has 0 amide bonds. The van der Waals surface area contributed by atoms with E-state index >= 15 is 0 Å². The molecule has 3 heteroatoms. The molecule has 0 bridgehead atoms. The van der Waals surface area contributed by atoms with Crippen LogP contribution in [0.2, 0.25) is 0 Å². The van der Waals surface area contributed by atoms with Gasteiger partial charge >= 0.3 is 0 Å². The van der Waals surface area contributed by atoms with Crippen molar-refractivity contribution in [2.75, 3.05) is 0 Å². The Kier molecular flexibility index (Phi) is 7.20. The number of nitrogens with zero attached hydrogens (tertiary/aromatic N) is 1. The molecule has 1 unspecified atom stereocenters. The smallest absolute Gasteiger partial charge is 0.136 e. The van der Waals surface area contributed by atoms with Crippen LogP contribution in [0.3, 0.4) is 0 Å². The van der Waals surface area contributed by atoms with E-state index in [2.05, 4.69) is 187 Å². The van der Waals surface area contributed by atoms with Gasteiger partial charge < -0.3 is 13.4 Å². The van der Waals surface area contributed by atoms with Gasteiger partial charge in [0.1, 0.15) is 22.3 Å². The third kappa shape index (κ3) is 4.96. The van der Waals surface area contributed by atoms with Gasteiger partial charge in [-0.15, -0.1) is 0 Å². The summed E-state index contributed by atoms with van der Waals surface area (Å²) < 4.78 is 15.4. The highest BCUT2D eigenvalue weighted by atomic mass is 16.3. The van der Waals surface area contributed by atoms with Gasteiger partial charge in [0.2, 0.25) is 0 Å². The van der Waals surface area contributed by atoms with Crippen LogP contribution in [0.1, 0.15) is 29.0 Å². The van der Waals surface area contributed by atoms with Crippen LogP contribution >= 0.6 is 0 Å². The van der Waals surface area contributed by atoms with E-state index in [1.807, 2.05) is 12.1 Å². The van der Waals surface area contributed by atoms with Gasteiger partial charge in [-0.1, -0.05) is 140 Å². The van der Waals surface area contributed by atoms with E-state index in [0.717, 1.165) is 62.4 Å². The van der Waals surface area contributed by atoms with E-state index in [1.165, 1.54) is 71.9 Å². The zero-order valence-corrected chi connectivity index (χ0v) is 32.7. The van der Waals surface area contributed by atoms with E-state index in [0.29, 0.717) is 0 Å². The SMILES string of the molecule is c1ccc(-c2cccc(-n3c4ccccc4c4c5c(ccc43)C(c3ccc4c(c3)oc3ccccc34)CCc3ccc(-c4cccc6oc7ccccc7c46)cc3-5)c2)cc1. The summed E-state index contributed by atoms with van der Waals surface area (Å²) in [6, 6.07) is 70.8. The normalized spacial score (nSPS) is 14.0. The molecule has 3 heterocycles. The highest BCUT2D eigenvalue weighted by Gasteiger charge is 2.29. The lowest BCUT2D eigenvalue weighted by atomic mass is 9.83. The predicted molar refractivity (Wildman–Crippen MR) is 248 cm³/mol. The van der Waals surface area contributed by atoms with Gasteiger partial charge in [0, 0.05) is 43.9 Å². The number of para-hydroxylation sites is 3. The second-order valence-corrected chi connectivity index (χ2v) is 16.3. The molecule has 12 aromatic rings. The number of fused-ring (bicyclic) bond motifs is 13. The van der Waals surface area contributed by atoms with Gasteiger partial charge in [-0.3, -0.25) is 0 Å².